The van der Waals surface area contributed by atoms with Crippen molar-refractivity contribution in [3.63, 3.8) is 0 Å². The molecule has 702 valence electrons. The van der Waals surface area contributed by atoms with Crippen LogP contribution in [-0.2, 0) is 110 Å². The number of rotatable bonds is 6. The van der Waals surface area contributed by atoms with Gasteiger partial charge < -0.3 is 120 Å². The van der Waals surface area contributed by atoms with Gasteiger partial charge in [0, 0.05) is 12.6 Å². The van der Waals surface area contributed by atoms with E-state index in [9.17, 15) is 96.7 Å². The number of nitrogens with one attached hydrogen (secondary N) is 3. The minimum absolute atomic E-state index is 0.0159. The van der Waals surface area contributed by atoms with E-state index in [0.717, 1.165) is 47.0 Å². The lowest BCUT2D eigenvalue weighted by atomic mass is 10.1. The minimum atomic E-state index is -5.09. The maximum Gasteiger partial charge on any atom is 0.472 e. The van der Waals surface area contributed by atoms with Crippen molar-refractivity contribution >= 4 is 126 Å². The van der Waals surface area contributed by atoms with Crippen molar-refractivity contribution in [1.82, 2.24) is 112 Å². The largest absolute Gasteiger partial charge is 0.472 e. The highest BCUT2D eigenvalue weighted by Crippen LogP contribution is 2.59. The van der Waals surface area contributed by atoms with Gasteiger partial charge in [-0.3, -0.25) is 82.4 Å². The molecule has 29 atom stereocenters. The highest BCUT2D eigenvalue weighted by atomic mass is 31.2. The summed E-state index contributed by atoms with van der Waals surface area (Å²) in [5.41, 5.74) is 16.8. The third-order valence-electron chi connectivity index (χ3n) is 21.7. The Hall–Kier alpha value is -9.61. The molecule has 0 amide bonds. The quantitative estimate of drug-likeness (QED) is 0.0701. The molecule has 64 nitrogen and oxygen atoms in total. The Labute approximate surface area is 722 Å². The first-order valence-corrected chi connectivity index (χ1v) is 47.2. The first-order chi connectivity index (χ1) is 62.3. The molecule has 12 aromatic rings. The first kappa shape index (κ1) is 90.6. The maximum absolute atomic E-state index is 13.2. The highest BCUT2D eigenvalue weighted by molar-refractivity contribution is 7.48. The summed E-state index contributed by atoms with van der Waals surface area (Å²) in [5.74, 6) is 0.253. The number of aromatic nitrogens is 23. The molecule has 0 saturated carbocycles. The number of aliphatic hydroxyl groups is 5. The number of hydrogen-bond acceptors (Lipinski definition) is 49. The number of phosphoric ester groups is 6. The van der Waals surface area contributed by atoms with Crippen LogP contribution in [0.15, 0.2) is 96.0 Å². The van der Waals surface area contributed by atoms with E-state index in [0.29, 0.717) is 5.39 Å². The van der Waals surface area contributed by atoms with Gasteiger partial charge in [-0.25, -0.2) is 96.4 Å². The maximum atomic E-state index is 13.2. The second kappa shape index (κ2) is 34.7. The second-order valence-electron chi connectivity index (χ2n) is 29.8. The van der Waals surface area contributed by atoms with Gasteiger partial charge in [0.25, 0.3) is 16.7 Å². The summed E-state index contributed by atoms with van der Waals surface area (Å²) in [7, 11) is -30.0. The van der Waals surface area contributed by atoms with Gasteiger partial charge in [-0.1, -0.05) is 0 Å². The van der Waals surface area contributed by atoms with E-state index in [-0.39, 0.29) is 85.4 Å². The Kier molecular flexibility index (Phi) is 24.0. The van der Waals surface area contributed by atoms with E-state index in [4.69, 9.17) is 99.9 Å². The Morgan fingerprint density at radius 3 is 1.36 bits per heavy atom. The molecule has 0 radical (unpaired) electrons. The van der Waals surface area contributed by atoms with Gasteiger partial charge in [0.1, 0.15) is 157 Å². The predicted octanol–water partition coefficient (Wildman–Crippen LogP) is -4.30. The molecule has 20 N–H and O–H groups in total. The summed E-state index contributed by atoms with van der Waals surface area (Å²) in [5, 5.41) is 63.8. The number of ether oxygens (including phenoxy) is 6. The minimum Gasteiger partial charge on any atom is -0.387 e. The lowest BCUT2D eigenvalue weighted by Crippen LogP contribution is -2.36. The smallest absolute Gasteiger partial charge is 0.387 e. The summed E-state index contributed by atoms with van der Waals surface area (Å²) in [6, 6.07) is 1.59. The SMILES string of the molecule is Nc1ncnc2c1ccn2[C@@H]1OC2COP(=O)(O)O[C@@H]3CC(COP(=O)(O)O[C@H]2[C@H]1O)O[C@H]3n1cnc2c(=O)[nH]cnc21.Nc1ncnc2c1ncn2[C@@H]1O[C@@H]2COP(=O)(O)O[C@@H]3[C@H](O)[C@@H](COP(=O)(O)O[C@H]2[C@H]1O)O[C@H]3c1cnc2c(=O)[nH]cnn12.Nc1ncnc2c1ncn2[C@@H]1O[C@@H]2COP(=O)(O)O[C@@H]3[C@H](O)[C@@H](COP(=O)(O)O[C@H]2[C@H]1O)O[C@H]3n1ncc2c(=O)[nH]cnc21. The number of phosphoric acid groups is 6. The number of aliphatic hydroxyl groups excluding tert-OH is 5. The molecule has 131 heavy (non-hydrogen) atoms. The van der Waals surface area contributed by atoms with Gasteiger partial charge >= 0.3 is 46.9 Å². The second-order valence-corrected chi connectivity index (χ2v) is 38.2. The van der Waals surface area contributed by atoms with Crippen molar-refractivity contribution in [2.75, 3.05) is 56.8 Å². The third-order valence-corrected chi connectivity index (χ3v) is 27.7. The molecule has 9 aliphatic heterocycles. The normalized spacial score (nSPS) is 37.9. The van der Waals surface area contributed by atoms with Crippen LogP contribution in [0.5, 0.6) is 0 Å². The highest BCUT2D eigenvalue weighted by Gasteiger charge is 2.59. The topological polar surface area (TPSA) is 877 Å². The number of nitrogen functional groups attached to an aromatic ring is 3. The van der Waals surface area contributed by atoms with E-state index in [1.165, 1.54) is 56.0 Å². The van der Waals surface area contributed by atoms with Gasteiger partial charge in [0.2, 0.25) is 5.65 Å². The van der Waals surface area contributed by atoms with Crippen molar-refractivity contribution in [2.24, 2.45) is 0 Å². The van der Waals surface area contributed by atoms with Crippen molar-refractivity contribution in [2.45, 2.75) is 147 Å². The number of anilines is 3. The van der Waals surface area contributed by atoms with Crippen LogP contribution < -0.4 is 33.9 Å². The monoisotopic (exact) mass is 1960 g/mol. The van der Waals surface area contributed by atoms with Crippen molar-refractivity contribution in [3.05, 3.63) is 118 Å². The van der Waals surface area contributed by atoms with E-state index >= 15 is 0 Å². The van der Waals surface area contributed by atoms with E-state index in [1.54, 1.807) is 6.07 Å². The van der Waals surface area contributed by atoms with Crippen molar-refractivity contribution in [3.8, 4) is 0 Å². The Morgan fingerprint density at radius 2 is 0.794 bits per heavy atom. The van der Waals surface area contributed by atoms with Crippen LogP contribution in [0.1, 0.15) is 49.4 Å². The summed E-state index contributed by atoms with van der Waals surface area (Å²) in [6.07, 6.45) is -19.7. The molecule has 12 aromatic heterocycles. The van der Waals surface area contributed by atoms with Crippen LogP contribution in [-0.4, -0.2) is 311 Å². The summed E-state index contributed by atoms with van der Waals surface area (Å²) < 4.78 is 184. The van der Waals surface area contributed by atoms with Crippen LogP contribution >= 0.6 is 46.9 Å². The molecule has 21 rings (SSSR count). The zero-order chi connectivity index (χ0) is 92.0. The molecule has 0 spiro atoms. The van der Waals surface area contributed by atoms with Crippen molar-refractivity contribution < 1.29 is 165 Å². The average Bonchev–Trinajstić information content (AvgIpc) is 1.57. The van der Waals surface area contributed by atoms with Crippen LogP contribution in [0.4, 0.5) is 17.5 Å². The molecule has 9 saturated heterocycles. The Balaban J connectivity index is 0.000000127. The molecule has 8 unspecified atom stereocenters. The number of H-pyrrole nitrogens is 3. The fourth-order valence-corrected chi connectivity index (χ4v) is 21.5. The summed E-state index contributed by atoms with van der Waals surface area (Å²) in [6.45, 7) is -4.45. The number of hydrogen-bond donors (Lipinski definition) is 17. The molecule has 0 aromatic carbocycles. The Morgan fingerprint density at radius 1 is 0.359 bits per heavy atom. The molecule has 21 heterocycles. The van der Waals surface area contributed by atoms with Gasteiger partial charge in [0.15, 0.2) is 70.9 Å². The van der Waals surface area contributed by atoms with Crippen LogP contribution in [0.2, 0.25) is 0 Å². The predicted molar refractivity (Wildman–Crippen MR) is 417 cm³/mol. The summed E-state index contributed by atoms with van der Waals surface area (Å²) in [4.78, 5) is 155. The fraction of sp³-hybridized carbons (Fsp3) is 0.492. The zero-order valence-electron chi connectivity index (χ0n) is 65.5. The molecule has 6 bridgehead atoms. The number of imidazole rings is 4. The number of aromatic amines is 3. The molecule has 70 heteroatoms. The van der Waals surface area contributed by atoms with Gasteiger partial charge in [-0.05, 0) is 6.07 Å². The van der Waals surface area contributed by atoms with Crippen LogP contribution in [0, 0.1) is 0 Å². The fourth-order valence-electron chi connectivity index (χ4n) is 15.8. The van der Waals surface area contributed by atoms with E-state index < -0.39 is 244 Å². The zero-order valence-corrected chi connectivity index (χ0v) is 70.9. The average molecular weight is 1960 g/mol. The lowest BCUT2D eigenvalue weighted by molar-refractivity contribution is -0.0703. The molecular formula is C61H70N26O38P6. The van der Waals surface area contributed by atoms with Crippen LogP contribution in [0.3, 0.4) is 0 Å². The van der Waals surface area contributed by atoms with Crippen LogP contribution in [0.25, 0.3) is 61.2 Å². The van der Waals surface area contributed by atoms with E-state index in [1.807, 2.05) is 0 Å². The standard InChI is InChI=1S/C21H24N8O12P2.2C20H23N9O13P2/c22-16-10-1-2-28(17(10)24-6-23-16)21-14(30)15-12(39-21)5-37-42(32,33)40-11-3-9(4-36-43(34,35)41-15)38-20(11)29-8-27-13-18(29)25-7-26-19(13)31;21-15-10-17(24-4-22-15)28(6-26-10)19-12(31)13-9(40-19)3-38-44(35,36)42-14-11(30)8(2-37-43(33,34)41-13)39-20(14)29-16-7(1-27-29)18(32)25-5-23-16;21-16-10-17(24-4-23-16)28(6-26-10)20-12(31)14-9(40-20)3-38-44(35,36)42-15-11(30)8(2-37-43(33,34)41-14)39-13(15)7-1-22-18-19(32)25-5-27-29(7)18/h1-2,6-9,11-12,14-15,20-21,30H,3-5H2,(H,32,33)(H,34,35)(H2,22,23,24)(H,25,26,31);1,4-6,8-9,11-14,19-20,30-31H,2-3H2,(H,33,34)(H,35,36)(H2,21,22,24)(H,23,25,32);1,4-6,8-9,11-15,20,30-31H,2-3H2,(H,33,34)(H,35,36)(H2,21,23,24)(H,25,27,32)/t9?,11-,12?,14-,15-,20-,21-;8-,9-,11-,12-,13-,14-,19-,20-;8-,9-,11-,12-,13+,14-,15-,20-/m111/s1. The van der Waals surface area contributed by atoms with Gasteiger partial charge in [0.05, 0.1) is 101 Å². The Bertz CT molecular complexity index is 6620. The van der Waals surface area contributed by atoms with Gasteiger partial charge in [-0.2, -0.15) is 10.2 Å². The number of fused-ring (bicyclic) bond motifs is 15. The molecule has 9 aliphatic rings. The molecular weight excluding hydrogens is 1890 g/mol. The first-order valence-electron chi connectivity index (χ1n) is 38.3. The van der Waals surface area contributed by atoms with Crippen molar-refractivity contribution in [1.29, 1.82) is 0 Å². The molecule has 0 aliphatic carbocycles. The van der Waals surface area contributed by atoms with Gasteiger partial charge in [-0.15, -0.1) is 0 Å². The number of nitrogens with zero attached hydrogens (tertiary/aromatic N) is 20. The lowest BCUT2D eigenvalue weighted by Gasteiger charge is -2.25. The number of nitrogens with two attached hydrogens (primary N) is 3. The third kappa shape index (κ3) is 17.5. The molecule has 9 fully saturated rings. The summed E-state index contributed by atoms with van der Waals surface area (Å²) >= 11 is 0. The van der Waals surface area contributed by atoms with E-state index in [2.05, 4.69) is 85.0 Å².